The largest absolute Gasteiger partial charge is 0.335 e. The molecule has 5 nitrogen and oxygen atoms in total. The lowest BCUT2D eigenvalue weighted by molar-refractivity contribution is 0.113. The van der Waals surface area contributed by atoms with E-state index in [0.717, 1.165) is 37.5 Å². The Labute approximate surface area is 158 Å². The van der Waals surface area contributed by atoms with E-state index in [-0.39, 0.29) is 12.1 Å². The minimum atomic E-state index is 0.0380. The van der Waals surface area contributed by atoms with Gasteiger partial charge in [0.05, 0.1) is 6.04 Å². The molecule has 26 heavy (non-hydrogen) atoms. The lowest BCUT2D eigenvalue weighted by Gasteiger charge is -2.40. The number of carbonyl (C=O) groups excluding carboxylic acids is 1. The topological polar surface area (TPSA) is 48.5 Å². The Hall–Kier alpha value is -1.62. The Morgan fingerprint density at radius 2 is 2.00 bits per heavy atom. The Morgan fingerprint density at radius 1 is 1.27 bits per heavy atom. The van der Waals surface area contributed by atoms with E-state index < -0.39 is 0 Å². The van der Waals surface area contributed by atoms with Crippen LogP contribution in [0.2, 0.25) is 0 Å². The van der Waals surface area contributed by atoms with Crippen LogP contribution < -0.4 is 5.32 Å². The number of nitrogens with one attached hydrogen (secondary N) is 1. The van der Waals surface area contributed by atoms with E-state index in [1.165, 1.54) is 32.1 Å². The van der Waals surface area contributed by atoms with Gasteiger partial charge in [0.2, 0.25) is 0 Å². The van der Waals surface area contributed by atoms with Crippen molar-refractivity contribution in [2.75, 3.05) is 19.6 Å². The average molecular weight is 359 g/mol. The third-order valence-corrected chi connectivity index (χ3v) is 6.18. The Balaban J connectivity index is 1.49. The molecule has 1 atom stereocenters. The van der Waals surface area contributed by atoms with Gasteiger partial charge in [-0.3, -0.25) is 4.98 Å². The molecule has 2 heterocycles. The molecule has 1 aliphatic heterocycles. The van der Waals surface area contributed by atoms with Crippen LogP contribution in [-0.4, -0.2) is 52.5 Å². The van der Waals surface area contributed by atoms with Crippen molar-refractivity contribution in [2.45, 2.75) is 76.9 Å². The number of hydrogen-bond donors (Lipinski definition) is 1. The number of hydrogen-bond acceptors (Lipinski definition) is 3. The third kappa shape index (κ3) is 4.76. The van der Waals surface area contributed by atoms with Crippen LogP contribution in [0.15, 0.2) is 24.5 Å². The van der Waals surface area contributed by atoms with E-state index in [2.05, 4.69) is 22.1 Å². The van der Waals surface area contributed by atoms with E-state index in [4.69, 9.17) is 0 Å². The van der Waals surface area contributed by atoms with Gasteiger partial charge in [-0.25, -0.2) is 4.79 Å². The molecule has 1 unspecified atom stereocenters. The van der Waals surface area contributed by atoms with Crippen molar-refractivity contribution in [1.29, 1.82) is 0 Å². The molecule has 1 saturated heterocycles. The average Bonchev–Trinajstić information content (AvgIpc) is 2.70. The monoisotopic (exact) mass is 358 g/mol. The van der Waals surface area contributed by atoms with Gasteiger partial charge < -0.3 is 15.1 Å². The van der Waals surface area contributed by atoms with E-state index in [9.17, 15) is 4.79 Å². The Morgan fingerprint density at radius 3 is 2.62 bits per heavy atom. The molecule has 0 aromatic carbocycles. The fourth-order valence-electron chi connectivity index (χ4n) is 4.51. The first-order valence-electron chi connectivity index (χ1n) is 10.4. The zero-order chi connectivity index (χ0) is 18.4. The predicted molar refractivity (Wildman–Crippen MR) is 105 cm³/mol. The minimum absolute atomic E-state index is 0.0380. The maximum atomic E-state index is 12.8. The molecule has 2 amide bonds. The van der Waals surface area contributed by atoms with Crippen LogP contribution in [0.4, 0.5) is 4.79 Å². The van der Waals surface area contributed by atoms with E-state index in [0.29, 0.717) is 12.6 Å². The van der Waals surface area contributed by atoms with Crippen molar-refractivity contribution in [2.24, 2.45) is 0 Å². The molecule has 1 N–H and O–H groups in total. The number of aromatic nitrogens is 1. The van der Waals surface area contributed by atoms with Gasteiger partial charge in [0.1, 0.15) is 0 Å². The molecule has 5 heteroatoms. The lowest BCUT2D eigenvalue weighted by atomic mass is 9.92. The number of piperidine rings is 1. The van der Waals surface area contributed by atoms with Crippen molar-refractivity contribution >= 4 is 6.03 Å². The number of rotatable bonds is 5. The molecule has 3 rings (SSSR count). The van der Waals surface area contributed by atoms with Crippen molar-refractivity contribution in [3.05, 3.63) is 30.1 Å². The minimum Gasteiger partial charge on any atom is -0.335 e. The van der Waals surface area contributed by atoms with E-state index in [1.54, 1.807) is 6.20 Å². The molecule has 1 aromatic rings. The molecule has 144 valence electrons. The molecule has 2 fully saturated rings. The summed E-state index contributed by atoms with van der Waals surface area (Å²) in [5, 5.41) is 3.28. The van der Waals surface area contributed by atoms with Crippen molar-refractivity contribution in [3.8, 4) is 0 Å². The maximum absolute atomic E-state index is 12.8. The second-order valence-electron chi connectivity index (χ2n) is 7.80. The van der Waals surface area contributed by atoms with Crippen molar-refractivity contribution in [1.82, 2.24) is 20.1 Å². The summed E-state index contributed by atoms with van der Waals surface area (Å²) in [4.78, 5) is 21.6. The Kier molecular flexibility index (Phi) is 6.89. The van der Waals surface area contributed by atoms with Gasteiger partial charge in [0.15, 0.2) is 0 Å². The fourth-order valence-corrected chi connectivity index (χ4v) is 4.51. The number of urea groups is 1. The van der Waals surface area contributed by atoms with Crippen molar-refractivity contribution < 1.29 is 4.79 Å². The molecule has 0 radical (unpaired) electrons. The Bertz CT molecular complexity index is 550. The summed E-state index contributed by atoms with van der Waals surface area (Å²) in [5.41, 5.74) is 1.08. The number of likely N-dealkylation sites (tertiary alicyclic amines) is 1. The highest BCUT2D eigenvalue weighted by Gasteiger charge is 2.28. The quantitative estimate of drug-likeness (QED) is 0.866. The summed E-state index contributed by atoms with van der Waals surface area (Å²) in [6.45, 7) is 7.06. The summed E-state index contributed by atoms with van der Waals surface area (Å²) < 4.78 is 0. The van der Waals surface area contributed by atoms with Gasteiger partial charge in [-0.15, -0.1) is 0 Å². The number of pyridine rings is 1. The highest BCUT2D eigenvalue weighted by atomic mass is 16.2. The van der Waals surface area contributed by atoms with Crippen LogP contribution in [0.3, 0.4) is 0 Å². The molecule has 0 bridgehead atoms. The number of nitrogens with zero attached hydrogens (tertiary/aromatic N) is 3. The standard InChI is InChI=1S/C21H34N4O/c1-3-25(17(2)18-8-7-13-22-16-18)21(26)23-19-11-14-24(15-12-19)20-9-5-4-6-10-20/h7-8,13,16-17,19-20H,3-6,9-12,14-15H2,1-2H3,(H,23,26). The second-order valence-corrected chi connectivity index (χ2v) is 7.80. The second kappa shape index (κ2) is 9.36. The predicted octanol–water partition coefficient (Wildman–Crippen LogP) is 3.97. The summed E-state index contributed by atoms with van der Waals surface area (Å²) in [6.07, 6.45) is 12.7. The zero-order valence-corrected chi connectivity index (χ0v) is 16.4. The smallest absolute Gasteiger partial charge is 0.318 e. The molecule has 1 saturated carbocycles. The van der Waals surface area contributed by atoms with E-state index >= 15 is 0 Å². The number of carbonyl (C=O) groups is 1. The van der Waals surface area contributed by atoms with Crippen LogP contribution >= 0.6 is 0 Å². The normalized spacial score (nSPS) is 21.3. The zero-order valence-electron chi connectivity index (χ0n) is 16.4. The van der Waals surface area contributed by atoms with Gasteiger partial charge >= 0.3 is 6.03 Å². The summed E-state index contributed by atoms with van der Waals surface area (Å²) >= 11 is 0. The molecular weight excluding hydrogens is 324 g/mol. The van der Waals surface area contributed by atoms with Crippen LogP contribution in [0.5, 0.6) is 0 Å². The SMILES string of the molecule is CCN(C(=O)NC1CCN(C2CCCCC2)CC1)C(C)c1cccnc1. The highest BCUT2D eigenvalue weighted by Crippen LogP contribution is 2.25. The molecule has 1 aliphatic carbocycles. The van der Waals surface area contributed by atoms with E-state index in [1.807, 2.05) is 30.2 Å². The number of amides is 2. The maximum Gasteiger partial charge on any atom is 0.318 e. The summed E-state index contributed by atoms with van der Waals surface area (Å²) in [7, 11) is 0. The first kappa shape index (κ1) is 19.2. The van der Waals surface area contributed by atoms with Gasteiger partial charge in [-0.05, 0) is 51.2 Å². The first-order valence-corrected chi connectivity index (χ1v) is 10.4. The third-order valence-electron chi connectivity index (χ3n) is 6.18. The highest BCUT2D eigenvalue weighted by molar-refractivity contribution is 5.75. The fraction of sp³-hybridized carbons (Fsp3) is 0.714. The first-order chi connectivity index (χ1) is 12.7. The van der Waals surface area contributed by atoms with Crippen LogP contribution in [-0.2, 0) is 0 Å². The van der Waals surface area contributed by atoms with Gasteiger partial charge in [-0.2, -0.15) is 0 Å². The summed E-state index contributed by atoms with van der Waals surface area (Å²) in [5.74, 6) is 0. The molecular formula is C21H34N4O. The van der Waals surface area contributed by atoms with Crippen LogP contribution in [0.1, 0.15) is 70.4 Å². The van der Waals surface area contributed by atoms with Crippen LogP contribution in [0, 0.1) is 0 Å². The van der Waals surface area contributed by atoms with Crippen molar-refractivity contribution in [3.63, 3.8) is 0 Å². The molecule has 0 spiro atoms. The van der Waals surface area contributed by atoms with Crippen LogP contribution in [0.25, 0.3) is 0 Å². The molecule has 1 aromatic heterocycles. The lowest BCUT2D eigenvalue weighted by Crippen LogP contribution is -2.51. The summed E-state index contributed by atoms with van der Waals surface area (Å²) in [6, 6.07) is 5.15. The van der Waals surface area contributed by atoms with Gasteiger partial charge in [-0.1, -0.05) is 25.3 Å². The molecule has 2 aliphatic rings. The van der Waals surface area contributed by atoms with Gasteiger partial charge in [0, 0.05) is 44.1 Å². The van der Waals surface area contributed by atoms with Gasteiger partial charge in [0.25, 0.3) is 0 Å².